The number of carbonyl (C=O) groups excluding carboxylic acids is 4. The Kier molecular flexibility index (Phi) is 16.6. The van der Waals surface area contributed by atoms with Crippen molar-refractivity contribution in [2.24, 2.45) is 22.7 Å². The zero-order valence-electron chi connectivity index (χ0n) is 36.8. The van der Waals surface area contributed by atoms with Gasteiger partial charge in [0.25, 0.3) is 0 Å². The summed E-state index contributed by atoms with van der Waals surface area (Å²) >= 11 is 0. The van der Waals surface area contributed by atoms with Crippen molar-refractivity contribution in [1.29, 1.82) is 0 Å². The predicted molar refractivity (Wildman–Crippen MR) is 227 cm³/mol. The quantitative estimate of drug-likeness (QED) is 0.214. The molecule has 0 fully saturated rings. The van der Waals surface area contributed by atoms with Gasteiger partial charge in [-0.2, -0.15) is 0 Å². The van der Waals surface area contributed by atoms with Gasteiger partial charge in [-0.15, -0.1) is 0 Å². The molecule has 2 aromatic rings. The molecule has 308 valence electrons. The topological polar surface area (TPSA) is 107 Å². The highest BCUT2D eigenvalue weighted by atomic mass is 16.5. The monoisotopic (exact) mass is 771 g/mol. The maximum Gasteiger partial charge on any atom is 0.316 e. The molecule has 1 N–H and O–H groups in total. The van der Waals surface area contributed by atoms with Gasteiger partial charge in [0.1, 0.15) is 11.5 Å². The smallest absolute Gasteiger partial charge is 0.316 e. The number of benzene rings is 2. The number of hydrogen-bond donors (Lipinski definition) is 1. The molecule has 2 aliphatic rings. The number of rotatable bonds is 12. The molecule has 0 heterocycles. The molecule has 7 heteroatoms. The van der Waals surface area contributed by atoms with E-state index in [2.05, 4.69) is 72.7 Å². The van der Waals surface area contributed by atoms with Gasteiger partial charge in [0.05, 0.1) is 22.0 Å². The number of ketones is 2. The number of aryl methyl sites for hydroxylation is 6. The fourth-order valence-corrected chi connectivity index (χ4v) is 7.83. The number of carbonyl (C=O) groups is 4. The molecule has 0 saturated heterocycles. The first kappa shape index (κ1) is 46.5. The van der Waals surface area contributed by atoms with Crippen molar-refractivity contribution >= 4 is 34.7 Å². The first-order chi connectivity index (χ1) is 26.2. The van der Waals surface area contributed by atoms with Gasteiger partial charge >= 0.3 is 11.9 Å². The van der Waals surface area contributed by atoms with Crippen molar-refractivity contribution in [2.45, 2.75) is 161 Å². The Morgan fingerprint density at radius 2 is 0.911 bits per heavy atom. The van der Waals surface area contributed by atoms with E-state index in [1.54, 1.807) is 0 Å². The van der Waals surface area contributed by atoms with E-state index in [-0.39, 0.29) is 41.9 Å². The van der Waals surface area contributed by atoms with Crippen molar-refractivity contribution in [3.8, 4) is 0 Å². The highest BCUT2D eigenvalue weighted by molar-refractivity contribution is 6.23. The Balaban J connectivity index is 0.000000300. The molecule has 2 aliphatic carbocycles. The number of Topliss-reactive ketones (excluding diaryl/α,β-unsaturated/α-hetero) is 2. The lowest BCUT2D eigenvalue weighted by Crippen LogP contribution is -2.28. The van der Waals surface area contributed by atoms with Crippen LogP contribution in [0.3, 0.4) is 0 Å². The van der Waals surface area contributed by atoms with E-state index >= 15 is 0 Å². The van der Waals surface area contributed by atoms with Crippen molar-refractivity contribution in [2.75, 3.05) is 6.61 Å². The maximum absolute atomic E-state index is 13.3. The van der Waals surface area contributed by atoms with Crippen LogP contribution in [0.4, 0.5) is 0 Å². The summed E-state index contributed by atoms with van der Waals surface area (Å²) in [6.45, 7) is 25.7. The third-order valence-electron chi connectivity index (χ3n) is 10.8. The largest absolute Gasteiger partial charge is 0.430 e. The fourth-order valence-electron chi connectivity index (χ4n) is 7.83. The molecular formula is C49H70O7. The summed E-state index contributed by atoms with van der Waals surface area (Å²) in [5.74, 6) is 0.845. The van der Waals surface area contributed by atoms with Crippen LogP contribution in [-0.4, -0.2) is 35.2 Å². The summed E-state index contributed by atoms with van der Waals surface area (Å²) in [6, 6.07) is 8.57. The molecule has 0 bridgehead atoms. The minimum absolute atomic E-state index is 0.00428. The van der Waals surface area contributed by atoms with Crippen molar-refractivity contribution in [3.63, 3.8) is 0 Å². The number of ether oxygens (including phenoxy) is 2. The number of esters is 2. The molecule has 0 saturated carbocycles. The lowest BCUT2D eigenvalue weighted by Gasteiger charge is -2.29. The molecule has 2 unspecified atom stereocenters. The minimum Gasteiger partial charge on any atom is -0.430 e. The van der Waals surface area contributed by atoms with Gasteiger partial charge < -0.3 is 14.6 Å². The Bertz CT molecular complexity index is 1640. The summed E-state index contributed by atoms with van der Waals surface area (Å²) in [4.78, 5) is 51.8. The van der Waals surface area contributed by atoms with Gasteiger partial charge in [0.2, 0.25) is 0 Å². The zero-order valence-corrected chi connectivity index (χ0v) is 36.8. The molecule has 4 rings (SSSR count). The second-order valence-electron chi connectivity index (χ2n) is 17.9. The Hall–Kier alpha value is -3.84. The van der Waals surface area contributed by atoms with E-state index in [1.807, 2.05) is 41.5 Å². The molecule has 0 aromatic heterocycles. The van der Waals surface area contributed by atoms with E-state index in [1.165, 1.54) is 22.3 Å². The average Bonchev–Trinajstić information content (AvgIpc) is 3.11. The number of hydrogen-bond acceptors (Lipinski definition) is 7. The van der Waals surface area contributed by atoms with Gasteiger partial charge in [0, 0.05) is 32.3 Å². The molecule has 56 heavy (non-hydrogen) atoms. The number of allylic oxidation sites excluding steroid dienone is 4. The Morgan fingerprint density at radius 1 is 0.589 bits per heavy atom. The van der Waals surface area contributed by atoms with Crippen molar-refractivity contribution < 1.29 is 33.8 Å². The highest BCUT2D eigenvalue weighted by Crippen LogP contribution is 2.41. The maximum atomic E-state index is 13.3. The van der Waals surface area contributed by atoms with E-state index in [0.717, 1.165) is 60.8 Å². The Labute approximate surface area is 337 Å². The zero-order chi connectivity index (χ0) is 42.1. The lowest BCUT2D eigenvalue weighted by atomic mass is 9.78. The summed E-state index contributed by atoms with van der Waals surface area (Å²) in [7, 11) is 0. The fraction of sp³-hybridized carbons (Fsp3) is 0.592. The van der Waals surface area contributed by atoms with Gasteiger partial charge in [-0.1, -0.05) is 76.4 Å². The normalized spacial score (nSPS) is 17.8. The van der Waals surface area contributed by atoms with Crippen LogP contribution in [0.25, 0.3) is 11.1 Å². The van der Waals surface area contributed by atoms with Crippen LogP contribution in [0, 0.1) is 36.5 Å². The first-order valence-electron chi connectivity index (χ1n) is 21.1. The SMILES string of the molecule is CCCC1CC(=O)C(c2c(CC)cc(C)cc2CC)=C(OC(=O)C(C)(C)C)C1.CCc1cc(C)cc(CC)c1C1=C(OC(=O)C(C)(C)C)CC(CCO)CC1=O. The molecule has 2 atom stereocenters. The van der Waals surface area contributed by atoms with E-state index in [0.29, 0.717) is 54.8 Å². The lowest BCUT2D eigenvalue weighted by molar-refractivity contribution is -0.149. The summed E-state index contributed by atoms with van der Waals surface area (Å²) in [5.41, 5.74) is 8.86. The second kappa shape index (κ2) is 20.0. The van der Waals surface area contributed by atoms with Crippen LogP contribution < -0.4 is 0 Å². The molecule has 0 radical (unpaired) electrons. The van der Waals surface area contributed by atoms with Crippen LogP contribution >= 0.6 is 0 Å². The highest BCUT2D eigenvalue weighted by Gasteiger charge is 2.36. The van der Waals surface area contributed by atoms with Gasteiger partial charge in [-0.3, -0.25) is 19.2 Å². The van der Waals surface area contributed by atoms with Crippen LogP contribution in [0.5, 0.6) is 0 Å². The molecule has 7 nitrogen and oxygen atoms in total. The van der Waals surface area contributed by atoms with Crippen LogP contribution in [0.1, 0.15) is 166 Å². The van der Waals surface area contributed by atoms with Crippen molar-refractivity contribution in [3.05, 3.63) is 80.3 Å². The summed E-state index contributed by atoms with van der Waals surface area (Å²) in [5, 5.41) is 9.34. The van der Waals surface area contributed by atoms with Crippen LogP contribution in [0.15, 0.2) is 35.8 Å². The van der Waals surface area contributed by atoms with Crippen LogP contribution in [-0.2, 0) is 54.3 Å². The van der Waals surface area contributed by atoms with Gasteiger partial charge in [-0.05, 0) is 139 Å². The van der Waals surface area contributed by atoms with Crippen LogP contribution in [0.2, 0.25) is 0 Å². The molecule has 0 aliphatic heterocycles. The summed E-state index contributed by atoms with van der Waals surface area (Å²) in [6.07, 6.45) is 7.93. The molecule has 2 aromatic carbocycles. The minimum atomic E-state index is -0.653. The van der Waals surface area contributed by atoms with E-state index in [9.17, 15) is 24.3 Å². The molecule has 0 spiro atoms. The number of aliphatic hydroxyl groups excluding tert-OH is 1. The standard InChI is InChI=1S/C25H36O3.C24H34O4/c1-8-11-17-14-20(26)23(21(15-17)28-24(27)25(5,6)7)22-18(9-2)12-16(4)13-19(22)10-3;1-7-17-11-15(3)12-18(8-2)21(17)22-19(26)13-16(9-10-25)14-20(22)28-23(27)24(4,5)6/h12-13,17H,8-11,14-15H2,1-7H3;11-12,16,25H,7-10,13-14H2,1-6H3. The van der Waals surface area contributed by atoms with Crippen molar-refractivity contribution in [1.82, 2.24) is 0 Å². The Morgan fingerprint density at radius 3 is 1.18 bits per heavy atom. The first-order valence-corrected chi connectivity index (χ1v) is 21.1. The third-order valence-corrected chi connectivity index (χ3v) is 10.8. The average molecular weight is 771 g/mol. The van der Waals surface area contributed by atoms with E-state index in [4.69, 9.17) is 9.47 Å². The molecule has 0 amide bonds. The molecular weight excluding hydrogens is 701 g/mol. The van der Waals surface area contributed by atoms with Gasteiger partial charge in [0.15, 0.2) is 11.6 Å². The second-order valence-corrected chi connectivity index (χ2v) is 17.9. The number of aliphatic hydroxyl groups is 1. The van der Waals surface area contributed by atoms with E-state index < -0.39 is 10.8 Å². The predicted octanol–water partition coefficient (Wildman–Crippen LogP) is 11.0. The third kappa shape index (κ3) is 11.6. The van der Waals surface area contributed by atoms with Gasteiger partial charge in [-0.25, -0.2) is 0 Å². The summed E-state index contributed by atoms with van der Waals surface area (Å²) < 4.78 is 11.8.